The number of nitrogens with one attached hydrogen (secondary N) is 1. The third kappa shape index (κ3) is 3.25. The summed E-state index contributed by atoms with van der Waals surface area (Å²) < 4.78 is 2.46. The zero-order chi connectivity index (χ0) is 14.8. The van der Waals surface area contributed by atoms with Crippen molar-refractivity contribution in [3.8, 4) is 0 Å². The standard InChI is InChI=1S/C15H11BrClN3O/c16-10-1-4-12(5-2-10)18-8-13-7-15(21)20-9-11(17)3-6-14(20)19-13/h1-7,9,18H,8H2. The molecule has 0 unspecified atom stereocenters. The van der Waals surface area contributed by atoms with Crippen LogP contribution in [0.5, 0.6) is 0 Å². The van der Waals surface area contributed by atoms with E-state index in [1.54, 1.807) is 18.3 Å². The van der Waals surface area contributed by atoms with Crippen molar-refractivity contribution in [2.24, 2.45) is 0 Å². The summed E-state index contributed by atoms with van der Waals surface area (Å²) in [6, 6.07) is 12.8. The maximum absolute atomic E-state index is 12.0. The van der Waals surface area contributed by atoms with Crippen LogP contribution in [-0.2, 0) is 6.54 Å². The Balaban J connectivity index is 1.86. The molecule has 0 aliphatic rings. The van der Waals surface area contributed by atoms with E-state index >= 15 is 0 Å². The molecule has 3 aromatic rings. The van der Waals surface area contributed by atoms with Crippen molar-refractivity contribution in [2.75, 3.05) is 5.32 Å². The van der Waals surface area contributed by atoms with Crippen LogP contribution >= 0.6 is 27.5 Å². The second kappa shape index (κ2) is 5.87. The topological polar surface area (TPSA) is 46.4 Å². The van der Waals surface area contributed by atoms with Gasteiger partial charge in [-0.1, -0.05) is 27.5 Å². The van der Waals surface area contributed by atoms with Crippen molar-refractivity contribution in [1.29, 1.82) is 0 Å². The zero-order valence-corrected chi connectivity index (χ0v) is 13.2. The molecule has 0 radical (unpaired) electrons. The molecular formula is C15H11BrClN3O. The minimum Gasteiger partial charge on any atom is -0.379 e. The Hall–Kier alpha value is -1.85. The van der Waals surface area contributed by atoms with Gasteiger partial charge < -0.3 is 5.32 Å². The summed E-state index contributed by atoms with van der Waals surface area (Å²) in [5.74, 6) is 0. The third-order valence-electron chi connectivity index (χ3n) is 2.99. The van der Waals surface area contributed by atoms with E-state index in [1.807, 2.05) is 24.3 Å². The van der Waals surface area contributed by atoms with Gasteiger partial charge in [-0.15, -0.1) is 0 Å². The molecule has 0 spiro atoms. The highest BCUT2D eigenvalue weighted by atomic mass is 79.9. The summed E-state index contributed by atoms with van der Waals surface area (Å²) >= 11 is 9.27. The number of rotatable bonds is 3. The smallest absolute Gasteiger partial charge is 0.258 e. The lowest BCUT2D eigenvalue weighted by Crippen LogP contribution is -2.16. The van der Waals surface area contributed by atoms with E-state index in [2.05, 4.69) is 26.2 Å². The van der Waals surface area contributed by atoms with Crippen molar-refractivity contribution in [2.45, 2.75) is 6.54 Å². The van der Waals surface area contributed by atoms with Crippen molar-refractivity contribution < 1.29 is 0 Å². The summed E-state index contributed by atoms with van der Waals surface area (Å²) in [7, 11) is 0. The molecule has 3 rings (SSSR count). The van der Waals surface area contributed by atoms with Gasteiger partial charge >= 0.3 is 0 Å². The Morgan fingerprint density at radius 3 is 2.71 bits per heavy atom. The van der Waals surface area contributed by atoms with Crippen LogP contribution in [0.1, 0.15) is 5.69 Å². The SMILES string of the molecule is O=c1cc(CNc2ccc(Br)cc2)nc2ccc(Cl)cn12. The van der Waals surface area contributed by atoms with Crippen LogP contribution in [-0.4, -0.2) is 9.38 Å². The monoisotopic (exact) mass is 363 g/mol. The minimum absolute atomic E-state index is 0.143. The average Bonchev–Trinajstić information content (AvgIpc) is 2.47. The second-order valence-corrected chi connectivity index (χ2v) is 5.87. The molecule has 1 aromatic carbocycles. The lowest BCUT2D eigenvalue weighted by molar-refractivity contribution is 0.971. The highest BCUT2D eigenvalue weighted by Crippen LogP contribution is 2.15. The number of nitrogens with zero attached hydrogens (tertiary/aromatic N) is 2. The summed E-state index contributed by atoms with van der Waals surface area (Å²) in [6.07, 6.45) is 1.57. The molecule has 0 aliphatic heterocycles. The molecule has 4 nitrogen and oxygen atoms in total. The quantitative estimate of drug-likeness (QED) is 0.770. The normalized spacial score (nSPS) is 10.8. The van der Waals surface area contributed by atoms with Crippen LogP contribution in [0, 0.1) is 0 Å². The van der Waals surface area contributed by atoms with Gasteiger partial charge in [-0.25, -0.2) is 4.98 Å². The third-order valence-corrected chi connectivity index (χ3v) is 3.75. The van der Waals surface area contributed by atoms with Gasteiger partial charge in [0.25, 0.3) is 5.56 Å². The number of anilines is 1. The van der Waals surface area contributed by atoms with Crippen LogP contribution in [0.2, 0.25) is 5.02 Å². The number of aromatic nitrogens is 2. The number of hydrogen-bond donors (Lipinski definition) is 1. The van der Waals surface area contributed by atoms with Crippen LogP contribution in [0.15, 0.2) is 57.9 Å². The van der Waals surface area contributed by atoms with Crippen LogP contribution in [0.4, 0.5) is 5.69 Å². The van der Waals surface area contributed by atoms with E-state index in [9.17, 15) is 4.79 Å². The van der Waals surface area contributed by atoms with E-state index in [0.29, 0.717) is 22.9 Å². The van der Waals surface area contributed by atoms with E-state index in [0.717, 1.165) is 10.2 Å². The number of pyridine rings is 1. The highest BCUT2D eigenvalue weighted by Gasteiger charge is 2.03. The predicted octanol–water partition coefficient (Wildman–Crippen LogP) is 3.72. The molecule has 0 fully saturated rings. The summed E-state index contributed by atoms with van der Waals surface area (Å²) in [6.45, 7) is 0.482. The molecule has 0 amide bonds. The van der Waals surface area contributed by atoms with Crippen LogP contribution in [0.3, 0.4) is 0 Å². The molecule has 2 heterocycles. The number of fused-ring (bicyclic) bond motifs is 1. The van der Waals surface area contributed by atoms with Gasteiger partial charge in [0.05, 0.1) is 17.3 Å². The molecule has 21 heavy (non-hydrogen) atoms. The molecule has 6 heteroatoms. The minimum atomic E-state index is -0.143. The van der Waals surface area contributed by atoms with Crippen LogP contribution in [0.25, 0.3) is 5.65 Å². The molecule has 0 bridgehead atoms. The van der Waals surface area contributed by atoms with Crippen molar-refractivity contribution in [3.63, 3.8) is 0 Å². The van der Waals surface area contributed by atoms with E-state index in [-0.39, 0.29) is 5.56 Å². The second-order valence-electron chi connectivity index (χ2n) is 4.52. The molecule has 2 aromatic heterocycles. The van der Waals surface area contributed by atoms with E-state index in [1.165, 1.54) is 10.5 Å². The maximum atomic E-state index is 12.0. The van der Waals surface area contributed by atoms with Crippen molar-refractivity contribution in [1.82, 2.24) is 9.38 Å². The summed E-state index contributed by atoms with van der Waals surface area (Å²) in [4.78, 5) is 16.5. The Kier molecular flexibility index (Phi) is 3.94. The summed E-state index contributed by atoms with van der Waals surface area (Å²) in [5.41, 5.74) is 2.09. The van der Waals surface area contributed by atoms with E-state index in [4.69, 9.17) is 11.6 Å². The van der Waals surface area contributed by atoms with Crippen molar-refractivity contribution >= 4 is 38.9 Å². The molecule has 0 saturated carbocycles. The van der Waals surface area contributed by atoms with Gasteiger partial charge in [0.2, 0.25) is 0 Å². The zero-order valence-electron chi connectivity index (χ0n) is 10.9. The Bertz CT molecular complexity index is 846. The van der Waals surface area contributed by atoms with Gasteiger partial charge in [0, 0.05) is 22.4 Å². The Morgan fingerprint density at radius 2 is 1.95 bits per heavy atom. The fraction of sp³-hybridized carbons (Fsp3) is 0.0667. The molecular weight excluding hydrogens is 354 g/mol. The fourth-order valence-electron chi connectivity index (χ4n) is 1.98. The fourth-order valence-corrected chi connectivity index (χ4v) is 2.40. The number of benzene rings is 1. The Morgan fingerprint density at radius 1 is 1.19 bits per heavy atom. The lowest BCUT2D eigenvalue weighted by atomic mass is 10.3. The lowest BCUT2D eigenvalue weighted by Gasteiger charge is -2.07. The van der Waals surface area contributed by atoms with Crippen LogP contribution < -0.4 is 10.9 Å². The number of hydrogen-bond acceptors (Lipinski definition) is 3. The maximum Gasteiger partial charge on any atom is 0.258 e. The first-order chi connectivity index (χ1) is 10.1. The predicted molar refractivity (Wildman–Crippen MR) is 87.9 cm³/mol. The number of halogens is 2. The van der Waals surface area contributed by atoms with Crippen molar-refractivity contribution in [3.05, 3.63) is 74.2 Å². The molecule has 106 valence electrons. The summed E-state index contributed by atoms with van der Waals surface area (Å²) in [5, 5.41) is 3.74. The first kappa shape index (κ1) is 14.1. The van der Waals surface area contributed by atoms with Gasteiger partial charge in [0.1, 0.15) is 5.65 Å². The van der Waals surface area contributed by atoms with Gasteiger partial charge in [-0.05, 0) is 36.4 Å². The highest BCUT2D eigenvalue weighted by molar-refractivity contribution is 9.10. The molecule has 0 aliphatic carbocycles. The van der Waals surface area contributed by atoms with Gasteiger partial charge in [-0.3, -0.25) is 9.20 Å². The van der Waals surface area contributed by atoms with Gasteiger partial charge in [-0.2, -0.15) is 0 Å². The molecule has 1 N–H and O–H groups in total. The molecule has 0 atom stereocenters. The molecule has 0 saturated heterocycles. The van der Waals surface area contributed by atoms with Gasteiger partial charge in [0.15, 0.2) is 0 Å². The van der Waals surface area contributed by atoms with E-state index < -0.39 is 0 Å². The average molecular weight is 365 g/mol. The first-order valence-corrected chi connectivity index (χ1v) is 7.46. The largest absolute Gasteiger partial charge is 0.379 e. The Labute approximate surface area is 134 Å². The first-order valence-electron chi connectivity index (χ1n) is 6.29.